The largest absolute Gasteiger partial charge is 0.384 e. The van der Waals surface area contributed by atoms with E-state index >= 15 is 0 Å². The Bertz CT molecular complexity index is 476. The average Bonchev–Trinajstić information content (AvgIpc) is 2.53. The van der Waals surface area contributed by atoms with Crippen LogP contribution in [0.2, 0.25) is 0 Å². The third-order valence-electron chi connectivity index (χ3n) is 4.45. The van der Waals surface area contributed by atoms with Crippen LogP contribution in [0.25, 0.3) is 0 Å². The average molecular weight is 288 g/mol. The maximum Gasteiger partial charge on any atom is 0.255 e. The topological polar surface area (TPSA) is 32.3 Å². The zero-order valence-electron chi connectivity index (χ0n) is 13.6. The monoisotopic (exact) mass is 288 g/mol. The summed E-state index contributed by atoms with van der Waals surface area (Å²) in [4.78, 5) is 14.8. The van der Waals surface area contributed by atoms with Crippen LogP contribution >= 0.6 is 0 Å². The molecule has 0 atom stereocenters. The fourth-order valence-corrected chi connectivity index (χ4v) is 2.96. The lowest BCUT2D eigenvalue weighted by Gasteiger charge is -2.32. The standard InChI is InChI=1S/C18H28N2O/c1-4-10-19-17-7-6-14(3)13-16(17)18(21)20-11-8-15(5-2)9-12-20/h6-7,13,15,19H,4-5,8-12H2,1-3H3. The molecule has 0 bridgehead atoms. The van der Waals surface area contributed by atoms with Crippen LogP contribution in [-0.4, -0.2) is 30.4 Å². The Morgan fingerprint density at radius 2 is 2.00 bits per heavy atom. The van der Waals surface area contributed by atoms with Gasteiger partial charge in [-0.25, -0.2) is 0 Å². The molecule has 0 aliphatic carbocycles. The van der Waals surface area contributed by atoms with Crippen LogP contribution in [0.4, 0.5) is 5.69 Å². The molecule has 1 aromatic carbocycles. The van der Waals surface area contributed by atoms with Gasteiger partial charge in [-0.15, -0.1) is 0 Å². The lowest BCUT2D eigenvalue weighted by molar-refractivity contribution is 0.0689. The molecule has 1 N–H and O–H groups in total. The number of nitrogens with one attached hydrogen (secondary N) is 1. The molecule has 1 saturated heterocycles. The zero-order chi connectivity index (χ0) is 15.2. The molecule has 116 valence electrons. The second kappa shape index (κ2) is 7.48. The van der Waals surface area contributed by atoms with Gasteiger partial charge >= 0.3 is 0 Å². The minimum absolute atomic E-state index is 0.187. The Kier molecular flexibility index (Phi) is 5.66. The first-order chi connectivity index (χ1) is 10.2. The van der Waals surface area contributed by atoms with Crippen molar-refractivity contribution in [1.82, 2.24) is 4.90 Å². The highest BCUT2D eigenvalue weighted by molar-refractivity contribution is 5.99. The summed E-state index contributed by atoms with van der Waals surface area (Å²) < 4.78 is 0. The Morgan fingerprint density at radius 1 is 1.29 bits per heavy atom. The molecule has 0 saturated carbocycles. The number of rotatable bonds is 5. The van der Waals surface area contributed by atoms with E-state index in [2.05, 4.69) is 25.2 Å². The van der Waals surface area contributed by atoms with Crippen molar-refractivity contribution in [3.63, 3.8) is 0 Å². The molecule has 0 radical (unpaired) electrons. The molecule has 1 amide bonds. The number of likely N-dealkylation sites (tertiary alicyclic amines) is 1. The molecule has 21 heavy (non-hydrogen) atoms. The zero-order valence-corrected chi connectivity index (χ0v) is 13.6. The number of amides is 1. The van der Waals surface area contributed by atoms with Crippen LogP contribution in [0.3, 0.4) is 0 Å². The van der Waals surface area contributed by atoms with E-state index in [0.29, 0.717) is 0 Å². The summed E-state index contributed by atoms with van der Waals surface area (Å²) in [6.45, 7) is 9.13. The first-order valence-corrected chi connectivity index (χ1v) is 8.29. The second-order valence-electron chi connectivity index (χ2n) is 6.12. The second-order valence-corrected chi connectivity index (χ2v) is 6.12. The van der Waals surface area contributed by atoms with Gasteiger partial charge in [0.1, 0.15) is 0 Å². The number of hydrogen-bond donors (Lipinski definition) is 1. The molecule has 1 aliphatic rings. The van der Waals surface area contributed by atoms with Crippen molar-refractivity contribution in [2.45, 2.75) is 46.5 Å². The normalized spacial score (nSPS) is 16.0. The quantitative estimate of drug-likeness (QED) is 0.885. The summed E-state index contributed by atoms with van der Waals surface area (Å²) in [5.74, 6) is 0.983. The molecular formula is C18H28N2O. The first kappa shape index (κ1) is 15.9. The predicted octanol–water partition coefficient (Wildman–Crippen LogP) is 4.08. The molecule has 1 fully saturated rings. The van der Waals surface area contributed by atoms with E-state index in [4.69, 9.17) is 0 Å². The van der Waals surface area contributed by atoms with Crippen LogP contribution in [0.1, 0.15) is 55.5 Å². The summed E-state index contributed by atoms with van der Waals surface area (Å²) in [5.41, 5.74) is 2.95. The molecular weight excluding hydrogens is 260 g/mol. The summed E-state index contributed by atoms with van der Waals surface area (Å²) >= 11 is 0. The maximum atomic E-state index is 12.8. The van der Waals surface area contributed by atoms with Gasteiger partial charge in [0.25, 0.3) is 5.91 Å². The van der Waals surface area contributed by atoms with Crippen LogP contribution in [0.15, 0.2) is 18.2 Å². The maximum absolute atomic E-state index is 12.8. The number of benzene rings is 1. The molecule has 1 aromatic rings. The van der Waals surface area contributed by atoms with Gasteiger partial charge in [-0.1, -0.05) is 31.9 Å². The van der Waals surface area contributed by atoms with Crippen molar-refractivity contribution in [2.24, 2.45) is 5.92 Å². The molecule has 3 heteroatoms. The lowest BCUT2D eigenvalue weighted by atomic mass is 9.94. The van der Waals surface area contributed by atoms with Gasteiger partial charge in [0, 0.05) is 25.3 Å². The van der Waals surface area contributed by atoms with Crippen molar-refractivity contribution in [1.29, 1.82) is 0 Å². The summed E-state index contributed by atoms with van der Waals surface area (Å²) in [6, 6.07) is 6.13. The summed E-state index contributed by atoms with van der Waals surface area (Å²) in [7, 11) is 0. The molecule has 0 aromatic heterocycles. The van der Waals surface area contributed by atoms with E-state index in [1.165, 1.54) is 6.42 Å². The predicted molar refractivity (Wildman–Crippen MR) is 88.9 cm³/mol. The van der Waals surface area contributed by atoms with Crippen LogP contribution < -0.4 is 5.32 Å². The molecule has 3 nitrogen and oxygen atoms in total. The fourth-order valence-electron chi connectivity index (χ4n) is 2.96. The van der Waals surface area contributed by atoms with E-state index in [1.54, 1.807) is 0 Å². The highest BCUT2D eigenvalue weighted by atomic mass is 16.2. The lowest BCUT2D eigenvalue weighted by Crippen LogP contribution is -2.38. The summed E-state index contributed by atoms with van der Waals surface area (Å²) in [6.07, 6.45) is 4.58. The van der Waals surface area contributed by atoms with E-state index in [9.17, 15) is 4.79 Å². The van der Waals surface area contributed by atoms with Crippen molar-refractivity contribution >= 4 is 11.6 Å². The highest BCUT2D eigenvalue weighted by Gasteiger charge is 2.24. The van der Waals surface area contributed by atoms with E-state index in [0.717, 1.165) is 61.6 Å². The molecule has 1 aliphatic heterocycles. The van der Waals surface area contributed by atoms with Gasteiger partial charge in [-0.3, -0.25) is 4.79 Å². The number of anilines is 1. The number of carbonyl (C=O) groups excluding carboxylic acids is 1. The number of carbonyl (C=O) groups is 1. The smallest absolute Gasteiger partial charge is 0.255 e. The van der Waals surface area contributed by atoms with Crippen molar-refractivity contribution < 1.29 is 4.79 Å². The van der Waals surface area contributed by atoms with Gasteiger partial charge in [0.15, 0.2) is 0 Å². The van der Waals surface area contributed by atoms with Gasteiger partial charge in [-0.05, 0) is 44.2 Å². The fraction of sp³-hybridized carbons (Fsp3) is 0.611. The highest BCUT2D eigenvalue weighted by Crippen LogP contribution is 2.24. The Morgan fingerprint density at radius 3 is 2.62 bits per heavy atom. The first-order valence-electron chi connectivity index (χ1n) is 8.29. The van der Waals surface area contributed by atoms with Crippen molar-refractivity contribution in [3.05, 3.63) is 29.3 Å². The van der Waals surface area contributed by atoms with Gasteiger partial charge in [-0.2, -0.15) is 0 Å². The third kappa shape index (κ3) is 3.99. The molecule has 0 spiro atoms. The molecule has 0 unspecified atom stereocenters. The Balaban J connectivity index is 2.12. The molecule has 2 rings (SSSR count). The Hall–Kier alpha value is -1.51. The van der Waals surface area contributed by atoms with Crippen molar-refractivity contribution in [3.8, 4) is 0 Å². The number of piperidine rings is 1. The Labute approximate surface area is 128 Å². The van der Waals surface area contributed by atoms with Crippen LogP contribution in [0.5, 0.6) is 0 Å². The number of nitrogens with zero attached hydrogens (tertiary/aromatic N) is 1. The van der Waals surface area contributed by atoms with E-state index in [1.807, 2.05) is 24.0 Å². The van der Waals surface area contributed by atoms with Gasteiger partial charge in [0.2, 0.25) is 0 Å². The van der Waals surface area contributed by atoms with Crippen molar-refractivity contribution in [2.75, 3.05) is 25.0 Å². The minimum atomic E-state index is 0.187. The van der Waals surface area contributed by atoms with Gasteiger partial charge < -0.3 is 10.2 Å². The van der Waals surface area contributed by atoms with E-state index in [-0.39, 0.29) is 5.91 Å². The number of aryl methyl sites for hydroxylation is 1. The minimum Gasteiger partial charge on any atom is -0.384 e. The van der Waals surface area contributed by atoms with Crippen LogP contribution in [0, 0.1) is 12.8 Å². The van der Waals surface area contributed by atoms with E-state index < -0.39 is 0 Å². The number of hydrogen-bond acceptors (Lipinski definition) is 2. The SMILES string of the molecule is CCCNc1ccc(C)cc1C(=O)N1CCC(CC)CC1. The van der Waals surface area contributed by atoms with Crippen LogP contribution in [-0.2, 0) is 0 Å². The van der Waals surface area contributed by atoms with Gasteiger partial charge in [0.05, 0.1) is 5.56 Å². The summed E-state index contributed by atoms with van der Waals surface area (Å²) in [5, 5.41) is 3.38. The third-order valence-corrected chi connectivity index (χ3v) is 4.45. The molecule has 1 heterocycles.